The van der Waals surface area contributed by atoms with Gasteiger partial charge in [0.05, 0.1) is 11.9 Å². The molecule has 0 bridgehead atoms. The van der Waals surface area contributed by atoms with Gasteiger partial charge in [-0.15, -0.1) is 0 Å². The molecule has 4 heteroatoms. The number of anilines is 1. The van der Waals surface area contributed by atoms with E-state index in [0.29, 0.717) is 0 Å². The van der Waals surface area contributed by atoms with Gasteiger partial charge in [0.15, 0.2) is 0 Å². The molecule has 0 unspecified atom stereocenters. The molecule has 0 saturated heterocycles. The van der Waals surface area contributed by atoms with Crippen molar-refractivity contribution in [1.82, 2.24) is 15.1 Å². The topological polar surface area (TPSA) is 33.1 Å². The van der Waals surface area contributed by atoms with Gasteiger partial charge in [0.2, 0.25) is 0 Å². The SMILES string of the molecule is CNCCN(C)c1ccnn1-c1ccccc1. The Morgan fingerprint density at radius 2 is 2.00 bits per heavy atom. The van der Waals surface area contributed by atoms with E-state index < -0.39 is 0 Å². The van der Waals surface area contributed by atoms with Gasteiger partial charge in [0, 0.05) is 26.2 Å². The summed E-state index contributed by atoms with van der Waals surface area (Å²) in [6, 6.07) is 12.2. The fraction of sp³-hybridized carbons (Fsp3) is 0.308. The van der Waals surface area contributed by atoms with Crippen molar-refractivity contribution in [3.05, 3.63) is 42.6 Å². The van der Waals surface area contributed by atoms with E-state index in [9.17, 15) is 0 Å². The molecule has 1 aromatic heterocycles. The zero-order chi connectivity index (χ0) is 12.1. The van der Waals surface area contributed by atoms with Crippen LogP contribution >= 0.6 is 0 Å². The van der Waals surface area contributed by atoms with Crippen molar-refractivity contribution in [3.63, 3.8) is 0 Å². The highest BCUT2D eigenvalue weighted by Crippen LogP contribution is 2.17. The van der Waals surface area contributed by atoms with Gasteiger partial charge in [0.1, 0.15) is 5.82 Å². The quantitative estimate of drug-likeness (QED) is 0.845. The Bertz CT molecular complexity index is 449. The largest absolute Gasteiger partial charge is 0.358 e. The fourth-order valence-corrected chi connectivity index (χ4v) is 1.75. The summed E-state index contributed by atoms with van der Waals surface area (Å²) in [4.78, 5) is 2.19. The molecule has 1 N–H and O–H groups in total. The maximum Gasteiger partial charge on any atom is 0.132 e. The summed E-state index contributed by atoms with van der Waals surface area (Å²) in [6.45, 7) is 1.91. The number of rotatable bonds is 5. The smallest absolute Gasteiger partial charge is 0.132 e. The molecular formula is C13H18N4. The molecule has 90 valence electrons. The van der Waals surface area contributed by atoms with Crippen molar-refractivity contribution in [2.24, 2.45) is 0 Å². The third-order valence-electron chi connectivity index (χ3n) is 2.71. The van der Waals surface area contributed by atoms with Gasteiger partial charge in [-0.25, -0.2) is 4.68 Å². The third-order valence-corrected chi connectivity index (χ3v) is 2.71. The molecule has 0 aliphatic rings. The van der Waals surface area contributed by atoms with Crippen molar-refractivity contribution in [2.75, 3.05) is 32.1 Å². The number of aromatic nitrogens is 2. The standard InChI is InChI=1S/C13H18N4/c1-14-10-11-16(2)13-8-9-15-17(13)12-6-4-3-5-7-12/h3-9,14H,10-11H2,1-2H3. The highest BCUT2D eigenvalue weighted by molar-refractivity contribution is 5.45. The third kappa shape index (κ3) is 2.65. The van der Waals surface area contributed by atoms with Crippen molar-refractivity contribution in [2.45, 2.75) is 0 Å². The summed E-state index contributed by atoms with van der Waals surface area (Å²) < 4.78 is 1.95. The van der Waals surface area contributed by atoms with Gasteiger partial charge in [-0.2, -0.15) is 5.10 Å². The first kappa shape index (κ1) is 11.7. The zero-order valence-corrected chi connectivity index (χ0v) is 10.3. The molecule has 2 rings (SSSR count). The molecule has 4 nitrogen and oxygen atoms in total. The summed E-state index contributed by atoms with van der Waals surface area (Å²) >= 11 is 0. The Morgan fingerprint density at radius 3 is 2.71 bits per heavy atom. The second kappa shape index (κ2) is 5.50. The van der Waals surface area contributed by atoms with Crippen molar-refractivity contribution in [1.29, 1.82) is 0 Å². The van der Waals surface area contributed by atoms with Gasteiger partial charge in [-0.1, -0.05) is 18.2 Å². The predicted molar refractivity (Wildman–Crippen MR) is 70.8 cm³/mol. The number of nitrogens with one attached hydrogen (secondary N) is 1. The van der Waals surface area contributed by atoms with E-state index in [0.717, 1.165) is 24.6 Å². The summed E-state index contributed by atoms with van der Waals surface area (Å²) in [5, 5.41) is 7.52. The number of nitrogens with zero attached hydrogens (tertiary/aromatic N) is 3. The van der Waals surface area contributed by atoms with E-state index in [-0.39, 0.29) is 0 Å². The van der Waals surface area contributed by atoms with Gasteiger partial charge in [0.25, 0.3) is 0 Å². The lowest BCUT2D eigenvalue weighted by molar-refractivity contribution is 0.743. The summed E-state index contributed by atoms with van der Waals surface area (Å²) in [7, 11) is 4.04. The molecule has 0 aliphatic carbocycles. The molecule has 1 heterocycles. The van der Waals surface area contributed by atoms with Gasteiger partial charge in [-0.05, 0) is 19.2 Å². The maximum absolute atomic E-state index is 4.37. The van der Waals surface area contributed by atoms with Crippen LogP contribution in [0.1, 0.15) is 0 Å². The highest BCUT2D eigenvalue weighted by Gasteiger charge is 2.08. The Morgan fingerprint density at radius 1 is 1.24 bits per heavy atom. The molecule has 0 fully saturated rings. The van der Waals surface area contributed by atoms with Crippen molar-refractivity contribution >= 4 is 5.82 Å². The normalized spacial score (nSPS) is 10.5. The van der Waals surface area contributed by atoms with Crippen LogP contribution in [0.5, 0.6) is 0 Å². The highest BCUT2D eigenvalue weighted by atomic mass is 15.4. The van der Waals surface area contributed by atoms with E-state index in [1.165, 1.54) is 0 Å². The first-order valence-electron chi connectivity index (χ1n) is 5.78. The molecule has 0 spiro atoms. The van der Waals surface area contributed by atoms with Crippen LogP contribution in [0.4, 0.5) is 5.82 Å². The van der Waals surface area contributed by atoms with Crippen molar-refractivity contribution < 1.29 is 0 Å². The fourth-order valence-electron chi connectivity index (χ4n) is 1.75. The molecule has 17 heavy (non-hydrogen) atoms. The average Bonchev–Trinajstić information content (AvgIpc) is 2.86. The first-order valence-corrected chi connectivity index (χ1v) is 5.78. The number of hydrogen-bond donors (Lipinski definition) is 1. The van der Waals surface area contributed by atoms with Gasteiger partial charge >= 0.3 is 0 Å². The Kier molecular flexibility index (Phi) is 3.77. The van der Waals surface area contributed by atoms with E-state index in [1.807, 2.05) is 42.2 Å². The van der Waals surface area contributed by atoms with E-state index in [2.05, 4.69) is 34.5 Å². The molecule has 1 aromatic carbocycles. The summed E-state index contributed by atoms with van der Waals surface area (Å²) in [5.41, 5.74) is 1.09. The molecule has 0 radical (unpaired) electrons. The number of hydrogen-bond acceptors (Lipinski definition) is 3. The molecular weight excluding hydrogens is 212 g/mol. The van der Waals surface area contributed by atoms with Crippen LogP contribution in [-0.2, 0) is 0 Å². The maximum atomic E-state index is 4.37. The number of benzene rings is 1. The van der Waals surface area contributed by atoms with Gasteiger partial charge < -0.3 is 10.2 Å². The second-order valence-corrected chi connectivity index (χ2v) is 3.96. The van der Waals surface area contributed by atoms with Crippen LogP contribution < -0.4 is 10.2 Å². The monoisotopic (exact) mass is 230 g/mol. The lowest BCUT2D eigenvalue weighted by atomic mass is 10.3. The van der Waals surface area contributed by atoms with Crippen LogP contribution in [0.15, 0.2) is 42.6 Å². The minimum atomic E-state index is 0.953. The molecule has 0 saturated carbocycles. The summed E-state index contributed by atoms with van der Waals surface area (Å²) in [6.07, 6.45) is 1.83. The van der Waals surface area contributed by atoms with Crippen LogP contribution in [0.25, 0.3) is 5.69 Å². The van der Waals surface area contributed by atoms with Crippen LogP contribution in [0, 0.1) is 0 Å². The van der Waals surface area contributed by atoms with Crippen LogP contribution in [0.2, 0.25) is 0 Å². The Hall–Kier alpha value is -1.81. The minimum absolute atomic E-state index is 0.953. The predicted octanol–water partition coefficient (Wildman–Crippen LogP) is 1.53. The zero-order valence-electron chi connectivity index (χ0n) is 10.3. The molecule has 0 aliphatic heterocycles. The van der Waals surface area contributed by atoms with E-state index >= 15 is 0 Å². The van der Waals surface area contributed by atoms with Crippen molar-refractivity contribution in [3.8, 4) is 5.69 Å². The molecule has 0 atom stereocenters. The van der Waals surface area contributed by atoms with E-state index in [1.54, 1.807) is 0 Å². The lowest BCUT2D eigenvalue weighted by Crippen LogP contribution is -2.28. The minimum Gasteiger partial charge on any atom is -0.358 e. The number of para-hydroxylation sites is 1. The Labute approximate surface area is 102 Å². The molecule has 0 amide bonds. The lowest BCUT2D eigenvalue weighted by Gasteiger charge is -2.20. The van der Waals surface area contributed by atoms with Crippen LogP contribution in [-0.4, -0.2) is 37.0 Å². The average molecular weight is 230 g/mol. The number of likely N-dealkylation sites (N-methyl/N-ethyl adjacent to an activating group) is 2. The first-order chi connectivity index (χ1) is 8.33. The Balaban J connectivity index is 2.23. The molecule has 2 aromatic rings. The van der Waals surface area contributed by atoms with Crippen LogP contribution in [0.3, 0.4) is 0 Å². The summed E-state index contributed by atoms with van der Waals surface area (Å²) in [5.74, 6) is 1.10. The second-order valence-electron chi connectivity index (χ2n) is 3.96. The van der Waals surface area contributed by atoms with E-state index in [4.69, 9.17) is 0 Å². The van der Waals surface area contributed by atoms with Gasteiger partial charge in [-0.3, -0.25) is 0 Å².